The zero-order valence-electron chi connectivity index (χ0n) is 31.5. The molecule has 2 atom stereocenters. The largest absolute Gasteiger partial charge is 0.0654 e. The summed E-state index contributed by atoms with van der Waals surface area (Å²) in [5, 5.41) is 0. The number of fused-ring (bicyclic) bond motifs is 2. The first-order valence-electron chi connectivity index (χ1n) is 19.1. The van der Waals surface area contributed by atoms with Crippen molar-refractivity contribution in [3.63, 3.8) is 0 Å². The van der Waals surface area contributed by atoms with Gasteiger partial charge in [0.1, 0.15) is 0 Å². The molecule has 0 amide bonds. The maximum Gasteiger partial charge on any atom is 0.0397 e. The highest BCUT2D eigenvalue weighted by Gasteiger charge is 2.30. The van der Waals surface area contributed by atoms with Crippen molar-refractivity contribution in [2.45, 2.75) is 129 Å². The lowest BCUT2D eigenvalue weighted by atomic mass is 9.85. The Kier molecular flexibility index (Phi) is 10.7. The van der Waals surface area contributed by atoms with Gasteiger partial charge in [0.05, 0.1) is 0 Å². The number of benzene rings is 4. The minimum absolute atomic E-state index is 0.168. The van der Waals surface area contributed by atoms with E-state index in [4.69, 9.17) is 0 Å². The standard InChI is InChI=1S/C48H58Si/c1-9-11-15-35-29-43-39(33-21-25-37(26-22-33)47(3,4)5)17-13-19-41(43)45(35)31-49-32-46-36(16-12-10-2)30-44-40(18-14-20-42(44)46)34-23-27-38(28-24-34)48(6,7)8/h13-14,17-30,45-46H,9-12,15-16,31-32H2,1-8H3. The van der Waals surface area contributed by atoms with Crippen molar-refractivity contribution in [3.8, 4) is 22.3 Å². The van der Waals surface area contributed by atoms with Crippen LogP contribution in [0.15, 0.2) is 96.1 Å². The lowest BCUT2D eigenvalue weighted by Gasteiger charge is -2.21. The van der Waals surface area contributed by atoms with Gasteiger partial charge in [-0.15, -0.1) is 0 Å². The van der Waals surface area contributed by atoms with Crippen molar-refractivity contribution in [1.29, 1.82) is 0 Å². The summed E-state index contributed by atoms with van der Waals surface area (Å²) in [6.45, 7) is 18.5. The van der Waals surface area contributed by atoms with Gasteiger partial charge >= 0.3 is 0 Å². The van der Waals surface area contributed by atoms with Gasteiger partial charge in [0.25, 0.3) is 0 Å². The number of unbranched alkanes of at least 4 members (excludes halogenated alkanes) is 2. The zero-order chi connectivity index (χ0) is 34.8. The molecule has 0 heterocycles. The summed E-state index contributed by atoms with van der Waals surface area (Å²) in [7, 11) is 0.935. The summed E-state index contributed by atoms with van der Waals surface area (Å²) in [5.74, 6) is 1.09. The summed E-state index contributed by atoms with van der Waals surface area (Å²) >= 11 is 0. The van der Waals surface area contributed by atoms with E-state index in [0.29, 0.717) is 11.8 Å². The van der Waals surface area contributed by atoms with Crippen LogP contribution in [-0.2, 0) is 10.8 Å². The summed E-state index contributed by atoms with van der Waals surface area (Å²) < 4.78 is 0. The van der Waals surface area contributed by atoms with Crippen LogP contribution in [-0.4, -0.2) is 9.52 Å². The normalized spacial score (nSPS) is 17.1. The second-order valence-electron chi connectivity index (χ2n) is 16.7. The van der Waals surface area contributed by atoms with E-state index in [1.807, 2.05) is 0 Å². The van der Waals surface area contributed by atoms with Crippen molar-refractivity contribution in [3.05, 3.63) is 129 Å². The first kappa shape index (κ1) is 35.4. The van der Waals surface area contributed by atoms with Crippen LogP contribution in [0.1, 0.15) is 139 Å². The molecular formula is C48H58Si. The molecule has 0 saturated carbocycles. The monoisotopic (exact) mass is 662 g/mol. The van der Waals surface area contributed by atoms with E-state index in [0.717, 1.165) is 9.52 Å². The second kappa shape index (κ2) is 14.8. The average Bonchev–Trinajstić information content (AvgIpc) is 3.63. The van der Waals surface area contributed by atoms with Crippen LogP contribution in [0.4, 0.5) is 0 Å². The third kappa shape index (κ3) is 7.68. The molecular weight excluding hydrogens is 605 g/mol. The average molecular weight is 663 g/mol. The predicted octanol–water partition coefficient (Wildman–Crippen LogP) is 14.2. The van der Waals surface area contributed by atoms with Gasteiger partial charge in [-0.25, -0.2) is 0 Å². The third-order valence-corrected chi connectivity index (χ3v) is 12.4. The molecule has 0 bridgehead atoms. The van der Waals surface area contributed by atoms with Crippen molar-refractivity contribution in [2.24, 2.45) is 0 Å². The fourth-order valence-electron chi connectivity index (χ4n) is 7.98. The first-order valence-corrected chi connectivity index (χ1v) is 20.5. The summed E-state index contributed by atoms with van der Waals surface area (Å²) in [6.07, 6.45) is 12.6. The van der Waals surface area contributed by atoms with E-state index in [1.165, 1.54) is 95.1 Å². The van der Waals surface area contributed by atoms with Crippen LogP contribution in [0.5, 0.6) is 0 Å². The predicted molar refractivity (Wildman–Crippen MR) is 217 cm³/mol. The van der Waals surface area contributed by atoms with Crippen molar-refractivity contribution in [1.82, 2.24) is 0 Å². The molecule has 4 aromatic carbocycles. The fraction of sp³-hybridized carbons (Fsp3) is 0.417. The minimum Gasteiger partial charge on any atom is -0.0654 e. The van der Waals surface area contributed by atoms with Gasteiger partial charge in [-0.3, -0.25) is 0 Å². The highest BCUT2D eigenvalue weighted by molar-refractivity contribution is 6.36. The van der Waals surface area contributed by atoms with Crippen LogP contribution in [0, 0.1) is 0 Å². The van der Waals surface area contributed by atoms with Gasteiger partial charge in [-0.05, 0) is 92.1 Å². The Balaban J connectivity index is 1.25. The molecule has 2 aliphatic carbocycles. The molecule has 0 aromatic heterocycles. The molecule has 1 heteroatoms. The van der Waals surface area contributed by atoms with Crippen LogP contribution >= 0.6 is 0 Å². The van der Waals surface area contributed by atoms with Gasteiger partial charge < -0.3 is 0 Å². The number of rotatable bonds is 12. The van der Waals surface area contributed by atoms with E-state index >= 15 is 0 Å². The van der Waals surface area contributed by atoms with E-state index < -0.39 is 0 Å². The van der Waals surface area contributed by atoms with E-state index in [-0.39, 0.29) is 10.8 Å². The van der Waals surface area contributed by atoms with Crippen LogP contribution in [0.25, 0.3) is 34.4 Å². The SMILES string of the molecule is CCCCC1=Cc2c(-c3ccc(C(C)(C)C)cc3)cccc2C1C[Si]CC1C(CCCC)=Cc2c(-c3ccc(C(C)(C)C)cc3)cccc21. The molecule has 49 heavy (non-hydrogen) atoms. The molecule has 0 fully saturated rings. The smallest absolute Gasteiger partial charge is 0.0397 e. The van der Waals surface area contributed by atoms with Crippen LogP contribution in [0.3, 0.4) is 0 Å². The topological polar surface area (TPSA) is 0 Å². The molecule has 0 spiro atoms. The Labute approximate surface area is 301 Å². The molecule has 2 aliphatic rings. The van der Waals surface area contributed by atoms with Crippen LogP contribution in [0.2, 0.25) is 12.1 Å². The Morgan fingerprint density at radius 3 is 1.24 bits per heavy atom. The number of allylic oxidation sites excluding steroid dienone is 2. The van der Waals surface area contributed by atoms with E-state index in [2.05, 4.69) is 152 Å². The lowest BCUT2D eigenvalue weighted by Crippen LogP contribution is -2.10. The molecule has 0 aliphatic heterocycles. The van der Waals surface area contributed by atoms with Gasteiger partial charge in [0.2, 0.25) is 0 Å². The maximum absolute atomic E-state index is 2.59. The molecule has 2 radical (unpaired) electrons. The first-order chi connectivity index (χ1) is 23.5. The summed E-state index contributed by atoms with van der Waals surface area (Å²) in [6, 6.07) is 35.4. The Morgan fingerprint density at radius 2 is 0.898 bits per heavy atom. The number of hydrogen-bond acceptors (Lipinski definition) is 0. The molecule has 254 valence electrons. The van der Waals surface area contributed by atoms with Crippen LogP contribution < -0.4 is 0 Å². The van der Waals surface area contributed by atoms with Gasteiger partial charge in [-0.1, -0.05) is 189 Å². The third-order valence-electron chi connectivity index (χ3n) is 11.0. The minimum atomic E-state index is 0.168. The van der Waals surface area contributed by atoms with Gasteiger partial charge in [-0.2, -0.15) is 0 Å². The molecule has 0 nitrogen and oxygen atoms in total. The zero-order valence-corrected chi connectivity index (χ0v) is 32.5. The maximum atomic E-state index is 2.59. The second-order valence-corrected chi connectivity index (χ2v) is 18.0. The molecule has 0 N–H and O–H groups in total. The Hall–Kier alpha value is -3.42. The quantitative estimate of drug-likeness (QED) is 0.132. The van der Waals surface area contributed by atoms with Crippen molar-refractivity contribution < 1.29 is 0 Å². The Morgan fingerprint density at radius 1 is 0.510 bits per heavy atom. The highest BCUT2D eigenvalue weighted by atomic mass is 28.2. The molecule has 4 aromatic rings. The summed E-state index contributed by atoms with van der Waals surface area (Å²) in [4.78, 5) is 0. The molecule has 6 rings (SSSR count). The van der Waals surface area contributed by atoms with Gasteiger partial charge in [0.15, 0.2) is 0 Å². The van der Waals surface area contributed by atoms with E-state index in [9.17, 15) is 0 Å². The van der Waals surface area contributed by atoms with Crippen molar-refractivity contribution in [2.75, 3.05) is 0 Å². The highest BCUT2D eigenvalue weighted by Crippen LogP contribution is 2.48. The fourth-order valence-corrected chi connectivity index (χ4v) is 9.69. The Bertz CT molecular complexity index is 1670. The molecule has 2 unspecified atom stereocenters. The molecule has 0 saturated heterocycles. The van der Waals surface area contributed by atoms with Gasteiger partial charge in [0, 0.05) is 21.4 Å². The number of hydrogen-bond donors (Lipinski definition) is 0. The summed E-state index contributed by atoms with van der Waals surface area (Å²) in [5.41, 5.74) is 18.0. The van der Waals surface area contributed by atoms with E-state index in [1.54, 1.807) is 22.3 Å². The van der Waals surface area contributed by atoms with Crippen molar-refractivity contribution >= 4 is 21.7 Å². The lowest BCUT2D eigenvalue weighted by molar-refractivity contribution is 0.590.